The molecule has 23 heavy (non-hydrogen) atoms. The molecule has 1 atom stereocenters. The number of rotatable bonds is 8. The van der Waals surface area contributed by atoms with Crippen LogP contribution in [0.5, 0.6) is 0 Å². The number of carbonyl (C=O) groups is 1. The lowest BCUT2D eigenvalue weighted by Crippen LogP contribution is -2.35. The quantitative estimate of drug-likeness (QED) is 0.727. The second kappa shape index (κ2) is 8.77. The lowest BCUT2D eigenvalue weighted by atomic mass is 10.1. The Labute approximate surface area is 140 Å². The van der Waals surface area contributed by atoms with Crippen molar-refractivity contribution < 1.29 is 14.3 Å². The van der Waals surface area contributed by atoms with Crippen molar-refractivity contribution in [3.05, 3.63) is 59.6 Å². The maximum Gasteiger partial charge on any atom is 0.334 e. The van der Waals surface area contributed by atoms with Crippen LogP contribution in [0, 0.1) is 5.82 Å². The monoisotopic (exact) mass is 335 g/mol. The number of carboxylic acids is 1. The zero-order valence-electron chi connectivity index (χ0n) is 13.2. The number of nitrogens with zero attached hydrogens (tertiary/aromatic N) is 1. The first-order valence-electron chi connectivity index (χ1n) is 7.85. The number of thioether (sulfide) groups is 1. The van der Waals surface area contributed by atoms with Crippen LogP contribution in [-0.2, 0) is 11.2 Å². The van der Waals surface area contributed by atoms with Crippen LogP contribution in [0.2, 0.25) is 0 Å². The lowest BCUT2D eigenvalue weighted by molar-refractivity contribution is -0.133. The first-order chi connectivity index (χ1) is 11.1. The van der Waals surface area contributed by atoms with Crippen LogP contribution in [0.4, 0.5) is 4.39 Å². The maximum atomic E-state index is 12.9. The molecule has 1 aliphatic rings. The van der Waals surface area contributed by atoms with Gasteiger partial charge in [0, 0.05) is 12.7 Å². The van der Waals surface area contributed by atoms with E-state index < -0.39 is 5.97 Å². The SMILES string of the molecule is CCCN1C=CC=C(C(=O)O)C1SCCCc1ccc(F)cc1. The Balaban J connectivity index is 1.88. The van der Waals surface area contributed by atoms with Crippen molar-refractivity contribution in [1.82, 2.24) is 4.90 Å². The Morgan fingerprint density at radius 3 is 2.74 bits per heavy atom. The van der Waals surface area contributed by atoms with Crippen molar-refractivity contribution in [2.75, 3.05) is 12.3 Å². The molecular formula is C18H22FNO2S. The molecule has 1 aromatic rings. The van der Waals surface area contributed by atoms with E-state index in [1.165, 1.54) is 12.1 Å². The van der Waals surface area contributed by atoms with Gasteiger partial charge in [-0.3, -0.25) is 0 Å². The molecule has 1 aliphatic heterocycles. The third-order valence-corrected chi connectivity index (χ3v) is 5.01. The van der Waals surface area contributed by atoms with Gasteiger partial charge < -0.3 is 10.0 Å². The van der Waals surface area contributed by atoms with Gasteiger partial charge in [0.1, 0.15) is 11.2 Å². The number of hydrogen-bond acceptors (Lipinski definition) is 3. The van der Waals surface area contributed by atoms with Gasteiger partial charge in [0.15, 0.2) is 0 Å². The predicted octanol–water partition coefficient (Wildman–Crippen LogP) is 4.07. The van der Waals surface area contributed by atoms with Crippen LogP contribution in [0.1, 0.15) is 25.3 Å². The highest BCUT2D eigenvalue weighted by molar-refractivity contribution is 8.00. The molecule has 1 N–H and O–H groups in total. The van der Waals surface area contributed by atoms with Crippen LogP contribution in [0.25, 0.3) is 0 Å². The predicted molar refractivity (Wildman–Crippen MR) is 92.8 cm³/mol. The topological polar surface area (TPSA) is 40.5 Å². The molecule has 0 aromatic heterocycles. The summed E-state index contributed by atoms with van der Waals surface area (Å²) in [6.07, 6.45) is 8.23. The van der Waals surface area contributed by atoms with Crippen LogP contribution in [0.15, 0.2) is 48.2 Å². The zero-order chi connectivity index (χ0) is 16.7. The molecule has 0 saturated heterocycles. The molecule has 1 unspecified atom stereocenters. The van der Waals surface area contributed by atoms with E-state index in [4.69, 9.17) is 0 Å². The molecule has 3 nitrogen and oxygen atoms in total. The summed E-state index contributed by atoms with van der Waals surface area (Å²) in [5.74, 6) is -0.212. The summed E-state index contributed by atoms with van der Waals surface area (Å²) in [5.41, 5.74) is 1.54. The van der Waals surface area contributed by atoms with Crippen LogP contribution in [0.3, 0.4) is 0 Å². The second-order valence-corrected chi connectivity index (χ2v) is 6.65. The normalized spacial score (nSPS) is 17.2. The number of carboxylic acid groups (broad SMARTS) is 1. The molecule has 0 fully saturated rings. The van der Waals surface area contributed by atoms with E-state index in [1.54, 1.807) is 36.0 Å². The van der Waals surface area contributed by atoms with Crippen LogP contribution >= 0.6 is 11.8 Å². The largest absolute Gasteiger partial charge is 0.478 e. The van der Waals surface area contributed by atoms with Crippen molar-refractivity contribution >= 4 is 17.7 Å². The Bertz CT molecular complexity index is 583. The van der Waals surface area contributed by atoms with Crippen LogP contribution in [-0.4, -0.2) is 33.6 Å². The van der Waals surface area contributed by atoms with Gasteiger partial charge in [-0.15, -0.1) is 11.8 Å². The second-order valence-electron chi connectivity index (χ2n) is 5.46. The van der Waals surface area contributed by atoms with E-state index in [-0.39, 0.29) is 11.2 Å². The van der Waals surface area contributed by atoms with E-state index in [0.29, 0.717) is 5.57 Å². The fraction of sp³-hybridized carbons (Fsp3) is 0.389. The maximum absolute atomic E-state index is 12.9. The van der Waals surface area contributed by atoms with E-state index >= 15 is 0 Å². The van der Waals surface area contributed by atoms with Gasteiger partial charge in [0.2, 0.25) is 0 Å². The summed E-state index contributed by atoms with van der Waals surface area (Å²) < 4.78 is 12.9. The Hall–Kier alpha value is -1.75. The van der Waals surface area contributed by atoms with Gasteiger partial charge in [0.05, 0.1) is 5.57 Å². The van der Waals surface area contributed by atoms with Gasteiger partial charge in [-0.05, 0) is 54.9 Å². The van der Waals surface area contributed by atoms with Crippen LogP contribution < -0.4 is 0 Å². The van der Waals surface area contributed by atoms with Crippen molar-refractivity contribution in [2.45, 2.75) is 31.6 Å². The summed E-state index contributed by atoms with van der Waals surface area (Å²) in [6.45, 7) is 2.93. The smallest absolute Gasteiger partial charge is 0.334 e. The molecule has 1 heterocycles. The highest BCUT2D eigenvalue weighted by Gasteiger charge is 2.26. The average molecular weight is 335 g/mol. The number of aryl methyl sites for hydroxylation is 1. The minimum Gasteiger partial charge on any atom is -0.478 e. The number of allylic oxidation sites excluding steroid dienone is 2. The van der Waals surface area contributed by atoms with Gasteiger partial charge in [0.25, 0.3) is 0 Å². The molecule has 1 aromatic carbocycles. The highest BCUT2D eigenvalue weighted by Crippen LogP contribution is 2.28. The van der Waals surface area contributed by atoms with E-state index in [9.17, 15) is 14.3 Å². The third kappa shape index (κ3) is 5.13. The van der Waals surface area contributed by atoms with Crippen molar-refractivity contribution in [1.29, 1.82) is 0 Å². The molecule has 0 spiro atoms. The fourth-order valence-corrected chi connectivity index (χ4v) is 3.79. The molecule has 2 rings (SSSR count). The summed E-state index contributed by atoms with van der Waals surface area (Å²) in [6, 6.07) is 6.55. The summed E-state index contributed by atoms with van der Waals surface area (Å²) >= 11 is 1.66. The fourth-order valence-electron chi connectivity index (χ4n) is 2.53. The molecule has 0 bridgehead atoms. The summed E-state index contributed by atoms with van der Waals surface area (Å²) in [7, 11) is 0. The summed E-state index contributed by atoms with van der Waals surface area (Å²) in [4.78, 5) is 13.5. The number of halogens is 1. The van der Waals surface area contributed by atoms with Gasteiger partial charge >= 0.3 is 5.97 Å². The molecule has 124 valence electrons. The van der Waals surface area contributed by atoms with Gasteiger partial charge in [-0.25, -0.2) is 9.18 Å². The number of hydrogen-bond donors (Lipinski definition) is 1. The van der Waals surface area contributed by atoms with Crippen molar-refractivity contribution in [3.8, 4) is 0 Å². The Kier molecular flexibility index (Phi) is 6.71. The molecule has 5 heteroatoms. The number of benzene rings is 1. The lowest BCUT2D eigenvalue weighted by Gasteiger charge is -2.32. The Morgan fingerprint density at radius 2 is 2.09 bits per heavy atom. The van der Waals surface area contributed by atoms with E-state index in [2.05, 4.69) is 11.8 Å². The van der Waals surface area contributed by atoms with Crippen molar-refractivity contribution in [2.24, 2.45) is 0 Å². The summed E-state index contributed by atoms with van der Waals surface area (Å²) in [5, 5.41) is 9.24. The third-order valence-electron chi connectivity index (χ3n) is 3.65. The standard InChI is InChI=1S/C18H22FNO2S/c1-2-11-20-12-3-6-16(18(21)22)17(20)23-13-4-5-14-7-9-15(19)10-8-14/h3,6-10,12,17H,2,4-5,11,13H2,1H3,(H,21,22). The molecular weight excluding hydrogens is 313 g/mol. The number of aliphatic carboxylic acids is 1. The zero-order valence-corrected chi connectivity index (χ0v) is 14.1. The van der Waals surface area contributed by atoms with Gasteiger partial charge in [-0.2, -0.15) is 0 Å². The minimum atomic E-state index is -0.855. The first-order valence-corrected chi connectivity index (χ1v) is 8.90. The molecule has 0 saturated carbocycles. The Morgan fingerprint density at radius 1 is 1.35 bits per heavy atom. The molecule has 0 aliphatic carbocycles. The molecule has 0 radical (unpaired) electrons. The highest BCUT2D eigenvalue weighted by atomic mass is 32.2. The van der Waals surface area contributed by atoms with Crippen molar-refractivity contribution in [3.63, 3.8) is 0 Å². The van der Waals surface area contributed by atoms with Gasteiger partial charge in [-0.1, -0.05) is 19.1 Å². The average Bonchev–Trinajstić information content (AvgIpc) is 2.54. The van der Waals surface area contributed by atoms with E-state index in [0.717, 1.165) is 37.1 Å². The minimum absolute atomic E-state index is 0.134. The molecule has 0 amide bonds. The first kappa shape index (κ1) is 17.6. The van der Waals surface area contributed by atoms with E-state index in [1.807, 2.05) is 6.20 Å².